The van der Waals surface area contributed by atoms with E-state index >= 15 is 0 Å². The molecular formula is C18H21FN2O2S. The van der Waals surface area contributed by atoms with Crippen LogP contribution in [-0.4, -0.2) is 28.6 Å². The Morgan fingerprint density at radius 1 is 1.04 bits per heavy atom. The van der Waals surface area contributed by atoms with Crippen molar-refractivity contribution in [3.05, 3.63) is 65.0 Å². The Morgan fingerprint density at radius 2 is 1.71 bits per heavy atom. The second-order valence-corrected chi connectivity index (χ2v) is 8.05. The van der Waals surface area contributed by atoms with Crippen LogP contribution in [0.2, 0.25) is 0 Å². The molecular weight excluding hydrogens is 327 g/mol. The number of nitrogens with zero attached hydrogens (tertiary/aromatic N) is 1. The van der Waals surface area contributed by atoms with Crippen LogP contribution in [0, 0.1) is 5.82 Å². The summed E-state index contributed by atoms with van der Waals surface area (Å²) in [5.74, 6) is -0.522. The van der Waals surface area contributed by atoms with Crippen LogP contribution < -0.4 is 9.62 Å². The SMILES string of the molecule is CN(c1ccc2c(c1)CCNCC2)S(=O)(=O)Cc1ccc(F)cc1. The highest BCUT2D eigenvalue weighted by Crippen LogP contribution is 2.24. The van der Waals surface area contributed by atoms with Crippen LogP contribution >= 0.6 is 0 Å². The fourth-order valence-corrected chi connectivity index (χ4v) is 4.15. The number of halogens is 1. The van der Waals surface area contributed by atoms with E-state index in [0.717, 1.165) is 25.9 Å². The summed E-state index contributed by atoms with van der Waals surface area (Å²) in [4.78, 5) is 0. The van der Waals surface area contributed by atoms with Gasteiger partial charge < -0.3 is 5.32 Å². The van der Waals surface area contributed by atoms with Crippen molar-refractivity contribution in [1.82, 2.24) is 5.32 Å². The van der Waals surface area contributed by atoms with E-state index in [9.17, 15) is 12.8 Å². The maximum absolute atomic E-state index is 13.0. The first-order chi connectivity index (χ1) is 11.5. The number of hydrogen-bond donors (Lipinski definition) is 1. The summed E-state index contributed by atoms with van der Waals surface area (Å²) in [5.41, 5.74) is 3.70. The van der Waals surface area contributed by atoms with Crippen molar-refractivity contribution in [1.29, 1.82) is 0 Å². The van der Waals surface area contributed by atoms with Gasteiger partial charge in [-0.3, -0.25) is 4.31 Å². The van der Waals surface area contributed by atoms with Gasteiger partial charge in [0.05, 0.1) is 11.4 Å². The van der Waals surface area contributed by atoms with Crippen molar-refractivity contribution in [2.45, 2.75) is 18.6 Å². The maximum atomic E-state index is 13.0. The number of fused-ring (bicyclic) bond motifs is 1. The van der Waals surface area contributed by atoms with Crippen LogP contribution in [0.5, 0.6) is 0 Å². The van der Waals surface area contributed by atoms with E-state index in [1.165, 1.54) is 39.7 Å². The molecule has 2 aromatic carbocycles. The monoisotopic (exact) mass is 348 g/mol. The molecule has 0 unspecified atom stereocenters. The van der Waals surface area contributed by atoms with Crippen LogP contribution in [0.1, 0.15) is 16.7 Å². The number of benzene rings is 2. The lowest BCUT2D eigenvalue weighted by molar-refractivity contribution is 0.593. The Kier molecular flexibility index (Phi) is 4.87. The van der Waals surface area contributed by atoms with Gasteiger partial charge in [0.1, 0.15) is 5.82 Å². The van der Waals surface area contributed by atoms with Gasteiger partial charge in [-0.05, 0) is 66.9 Å². The standard InChI is InChI=1S/C18H21FN2O2S/c1-21(24(22,23)13-14-2-5-17(19)6-3-14)18-7-4-15-8-10-20-11-9-16(15)12-18/h2-7,12,20H,8-11,13H2,1H3. The Morgan fingerprint density at radius 3 is 2.42 bits per heavy atom. The summed E-state index contributed by atoms with van der Waals surface area (Å²) in [7, 11) is -1.95. The highest BCUT2D eigenvalue weighted by atomic mass is 32.2. The molecule has 0 aromatic heterocycles. The number of rotatable bonds is 4. The van der Waals surface area contributed by atoms with Crippen LogP contribution in [0.4, 0.5) is 10.1 Å². The maximum Gasteiger partial charge on any atom is 0.239 e. The average molecular weight is 348 g/mol. The van der Waals surface area contributed by atoms with E-state index in [0.29, 0.717) is 11.3 Å². The molecule has 2 aromatic rings. The summed E-state index contributed by atoms with van der Waals surface area (Å²) in [6.07, 6.45) is 1.86. The summed E-state index contributed by atoms with van der Waals surface area (Å²) in [6.45, 7) is 1.85. The lowest BCUT2D eigenvalue weighted by atomic mass is 10.0. The molecule has 1 heterocycles. The van der Waals surface area contributed by atoms with Gasteiger partial charge in [0.2, 0.25) is 10.0 Å². The van der Waals surface area contributed by atoms with Crippen molar-refractivity contribution in [2.75, 3.05) is 24.4 Å². The quantitative estimate of drug-likeness (QED) is 0.923. The summed E-state index contributed by atoms with van der Waals surface area (Å²) in [5, 5.41) is 3.35. The van der Waals surface area contributed by atoms with Gasteiger partial charge in [-0.1, -0.05) is 18.2 Å². The molecule has 0 atom stereocenters. The van der Waals surface area contributed by atoms with Gasteiger partial charge in [0.15, 0.2) is 0 Å². The van der Waals surface area contributed by atoms with Crippen molar-refractivity contribution < 1.29 is 12.8 Å². The second kappa shape index (κ2) is 6.91. The highest BCUT2D eigenvalue weighted by Gasteiger charge is 2.20. The van der Waals surface area contributed by atoms with E-state index in [-0.39, 0.29) is 11.6 Å². The molecule has 4 nitrogen and oxygen atoms in total. The third kappa shape index (κ3) is 3.76. The summed E-state index contributed by atoms with van der Waals surface area (Å²) < 4.78 is 39.6. The van der Waals surface area contributed by atoms with E-state index in [1.807, 2.05) is 18.2 Å². The van der Waals surface area contributed by atoms with Crippen LogP contribution in [-0.2, 0) is 28.6 Å². The second-order valence-electron chi connectivity index (χ2n) is 6.05. The minimum atomic E-state index is -3.52. The first-order valence-electron chi connectivity index (χ1n) is 7.99. The van der Waals surface area contributed by atoms with Gasteiger partial charge in [0.25, 0.3) is 0 Å². The molecule has 0 amide bonds. The lowest BCUT2D eigenvalue weighted by Crippen LogP contribution is -2.28. The minimum Gasteiger partial charge on any atom is -0.316 e. The first kappa shape index (κ1) is 16.9. The Bertz CT molecular complexity index is 819. The molecule has 0 saturated heterocycles. The first-order valence-corrected chi connectivity index (χ1v) is 9.60. The molecule has 0 bridgehead atoms. The molecule has 0 saturated carbocycles. The molecule has 0 radical (unpaired) electrons. The fraction of sp³-hybridized carbons (Fsp3) is 0.333. The zero-order chi connectivity index (χ0) is 17.2. The molecule has 1 N–H and O–H groups in total. The smallest absolute Gasteiger partial charge is 0.239 e. The number of sulfonamides is 1. The summed E-state index contributed by atoms with van der Waals surface area (Å²) >= 11 is 0. The molecule has 6 heteroatoms. The van der Waals surface area contributed by atoms with Crippen LogP contribution in [0.15, 0.2) is 42.5 Å². The molecule has 0 spiro atoms. The largest absolute Gasteiger partial charge is 0.316 e. The topological polar surface area (TPSA) is 49.4 Å². The normalized spacial score (nSPS) is 14.8. The van der Waals surface area contributed by atoms with Gasteiger partial charge >= 0.3 is 0 Å². The molecule has 3 rings (SSSR count). The van der Waals surface area contributed by atoms with E-state index in [1.54, 1.807) is 7.05 Å². The number of anilines is 1. The minimum absolute atomic E-state index is 0.150. The van der Waals surface area contributed by atoms with Crippen molar-refractivity contribution in [2.24, 2.45) is 0 Å². The van der Waals surface area contributed by atoms with Gasteiger partial charge in [-0.15, -0.1) is 0 Å². The van der Waals surface area contributed by atoms with E-state index in [4.69, 9.17) is 0 Å². The van der Waals surface area contributed by atoms with E-state index in [2.05, 4.69) is 5.32 Å². The molecule has 1 aliphatic rings. The molecule has 0 fully saturated rings. The third-order valence-corrected chi connectivity index (χ3v) is 6.12. The molecule has 1 aliphatic heterocycles. The lowest BCUT2D eigenvalue weighted by Gasteiger charge is -2.21. The predicted molar refractivity (Wildman–Crippen MR) is 94.1 cm³/mol. The molecule has 24 heavy (non-hydrogen) atoms. The van der Waals surface area contributed by atoms with Gasteiger partial charge in [-0.25, -0.2) is 12.8 Å². The summed E-state index contributed by atoms with van der Waals surface area (Å²) in [6, 6.07) is 11.4. The van der Waals surface area contributed by atoms with Crippen LogP contribution in [0.25, 0.3) is 0 Å². The van der Waals surface area contributed by atoms with Gasteiger partial charge in [-0.2, -0.15) is 0 Å². The van der Waals surface area contributed by atoms with Crippen LogP contribution in [0.3, 0.4) is 0 Å². The molecule has 0 aliphatic carbocycles. The van der Waals surface area contributed by atoms with Crippen molar-refractivity contribution in [3.8, 4) is 0 Å². The van der Waals surface area contributed by atoms with Crippen molar-refractivity contribution >= 4 is 15.7 Å². The Labute approximate surface area is 142 Å². The number of hydrogen-bond acceptors (Lipinski definition) is 3. The molecule has 128 valence electrons. The predicted octanol–water partition coefficient (Wildman–Crippen LogP) is 2.48. The van der Waals surface area contributed by atoms with E-state index < -0.39 is 10.0 Å². The van der Waals surface area contributed by atoms with Crippen molar-refractivity contribution in [3.63, 3.8) is 0 Å². The average Bonchev–Trinajstić information content (AvgIpc) is 2.80. The zero-order valence-electron chi connectivity index (χ0n) is 13.6. The third-order valence-electron chi connectivity index (χ3n) is 4.38. The Balaban J connectivity index is 1.83. The Hall–Kier alpha value is -1.92. The fourth-order valence-electron chi connectivity index (χ4n) is 2.90. The van der Waals surface area contributed by atoms with Gasteiger partial charge in [0, 0.05) is 7.05 Å². The highest BCUT2D eigenvalue weighted by molar-refractivity contribution is 7.92. The number of nitrogens with one attached hydrogen (secondary N) is 1. The zero-order valence-corrected chi connectivity index (χ0v) is 14.4.